The van der Waals surface area contributed by atoms with Gasteiger partial charge in [-0.2, -0.15) is 0 Å². The largest absolute Gasteiger partial charge is 0.483 e. The number of nitrogens with one attached hydrogen (secondary N) is 2. The molecular formula is C15H21FN2O2. The van der Waals surface area contributed by atoms with E-state index in [4.69, 9.17) is 4.74 Å². The van der Waals surface area contributed by atoms with Gasteiger partial charge in [-0.25, -0.2) is 4.39 Å². The van der Waals surface area contributed by atoms with Gasteiger partial charge in [0, 0.05) is 24.7 Å². The number of hydrogen-bond acceptors (Lipinski definition) is 3. The normalized spacial score (nSPS) is 14.1. The van der Waals surface area contributed by atoms with Crippen molar-refractivity contribution in [3.05, 3.63) is 29.6 Å². The number of amides is 1. The molecule has 1 aromatic carbocycles. The Labute approximate surface area is 118 Å². The second-order valence-electron chi connectivity index (χ2n) is 5.05. The third kappa shape index (κ3) is 4.81. The smallest absolute Gasteiger partial charge is 0.257 e. The summed E-state index contributed by atoms with van der Waals surface area (Å²) in [4.78, 5) is 11.5. The van der Waals surface area contributed by atoms with E-state index in [-0.39, 0.29) is 18.3 Å². The molecule has 1 saturated carbocycles. The molecule has 1 fully saturated rings. The number of carbonyl (C=O) groups excluding carboxylic acids is 1. The predicted octanol–water partition coefficient (Wildman–Crippen LogP) is 1.98. The average Bonchev–Trinajstić information content (AvgIpc) is 3.26. The van der Waals surface area contributed by atoms with Crippen molar-refractivity contribution < 1.29 is 13.9 Å². The Morgan fingerprint density at radius 3 is 2.95 bits per heavy atom. The second-order valence-corrected chi connectivity index (χ2v) is 5.05. The topological polar surface area (TPSA) is 50.4 Å². The standard InChI is InChI=1S/C15H21FN2O2/c1-2-7-17-15(19)10-20-14-6-3-12(16)8-11(14)9-18-13-4-5-13/h3,6,8,13,18H,2,4-5,7,9-10H2,1H3,(H,17,19). The average molecular weight is 280 g/mol. The number of benzene rings is 1. The molecule has 0 aromatic heterocycles. The summed E-state index contributed by atoms with van der Waals surface area (Å²) in [6, 6.07) is 4.92. The molecule has 0 unspecified atom stereocenters. The fraction of sp³-hybridized carbons (Fsp3) is 0.533. The van der Waals surface area contributed by atoms with E-state index in [1.807, 2.05) is 6.92 Å². The molecule has 1 amide bonds. The molecule has 0 spiro atoms. The molecule has 2 N–H and O–H groups in total. The van der Waals surface area contributed by atoms with E-state index in [9.17, 15) is 9.18 Å². The Hall–Kier alpha value is -1.62. The summed E-state index contributed by atoms with van der Waals surface area (Å²) in [5, 5.41) is 6.06. The minimum atomic E-state index is -0.291. The van der Waals surface area contributed by atoms with Gasteiger partial charge in [-0.1, -0.05) is 6.92 Å². The highest BCUT2D eigenvalue weighted by Crippen LogP contribution is 2.23. The van der Waals surface area contributed by atoms with Crippen LogP contribution < -0.4 is 15.4 Å². The molecule has 20 heavy (non-hydrogen) atoms. The van der Waals surface area contributed by atoms with Crippen LogP contribution in [0.3, 0.4) is 0 Å². The molecule has 110 valence electrons. The summed E-state index contributed by atoms with van der Waals surface area (Å²) >= 11 is 0. The van der Waals surface area contributed by atoms with E-state index in [0.717, 1.165) is 12.0 Å². The summed E-state index contributed by atoms with van der Waals surface area (Å²) in [5.41, 5.74) is 0.750. The molecule has 0 heterocycles. The molecule has 0 saturated heterocycles. The van der Waals surface area contributed by atoms with Crippen LogP contribution in [0.2, 0.25) is 0 Å². The van der Waals surface area contributed by atoms with Crippen molar-refractivity contribution in [2.24, 2.45) is 0 Å². The first kappa shape index (κ1) is 14.8. The van der Waals surface area contributed by atoms with E-state index < -0.39 is 0 Å². The monoisotopic (exact) mass is 280 g/mol. The van der Waals surface area contributed by atoms with Gasteiger partial charge in [0.1, 0.15) is 11.6 Å². The van der Waals surface area contributed by atoms with Crippen molar-refractivity contribution in [1.29, 1.82) is 0 Å². The van der Waals surface area contributed by atoms with Gasteiger partial charge in [-0.3, -0.25) is 4.79 Å². The van der Waals surface area contributed by atoms with Crippen LogP contribution in [0.4, 0.5) is 4.39 Å². The summed E-state index contributed by atoms with van der Waals surface area (Å²) in [7, 11) is 0. The first-order valence-electron chi connectivity index (χ1n) is 7.10. The van der Waals surface area contributed by atoms with Crippen molar-refractivity contribution in [2.45, 2.75) is 38.8 Å². The molecule has 2 rings (SSSR count). The molecule has 4 nitrogen and oxygen atoms in total. The number of carbonyl (C=O) groups is 1. The minimum absolute atomic E-state index is 0.0396. The third-order valence-electron chi connectivity index (χ3n) is 3.11. The van der Waals surface area contributed by atoms with Gasteiger partial charge in [0.2, 0.25) is 0 Å². The number of hydrogen-bond donors (Lipinski definition) is 2. The Morgan fingerprint density at radius 2 is 2.25 bits per heavy atom. The van der Waals surface area contributed by atoms with Crippen LogP contribution in [0.15, 0.2) is 18.2 Å². The predicted molar refractivity (Wildman–Crippen MR) is 75.1 cm³/mol. The molecule has 1 aliphatic carbocycles. The van der Waals surface area contributed by atoms with Crippen LogP contribution in [0, 0.1) is 5.82 Å². The maximum absolute atomic E-state index is 13.3. The van der Waals surface area contributed by atoms with E-state index in [0.29, 0.717) is 24.9 Å². The third-order valence-corrected chi connectivity index (χ3v) is 3.11. The zero-order chi connectivity index (χ0) is 14.4. The van der Waals surface area contributed by atoms with Crippen molar-refractivity contribution >= 4 is 5.91 Å². The lowest BCUT2D eigenvalue weighted by Gasteiger charge is -2.12. The van der Waals surface area contributed by atoms with Crippen molar-refractivity contribution in [1.82, 2.24) is 10.6 Å². The van der Waals surface area contributed by atoms with Crippen molar-refractivity contribution in [2.75, 3.05) is 13.2 Å². The van der Waals surface area contributed by atoms with Crippen molar-refractivity contribution in [3.8, 4) is 5.75 Å². The SMILES string of the molecule is CCCNC(=O)COc1ccc(F)cc1CNC1CC1. The summed E-state index contributed by atoms with van der Waals surface area (Å²) in [6.45, 7) is 3.15. The molecule has 0 atom stereocenters. The van der Waals surface area contributed by atoms with Crippen LogP contribution in [0.1, 0.15) is 31.7 Å². The number of rotatable bonds is 8. The Kier molecular flexibility index (Phi) is 5.35. The van der Waals surface area contributed by atoms with E-state index in [1.54, 1.807) is 6.07 Å². The van der Waals surface area contributed by atoms with E-state index in [2.05, 4.69) is 10.6 Å². The van der Waals surface area contributed by atoms with E-state index >= 15 is 0 Å². The van der Waals surface area contributed by atoms with Gasteiger partial charge in [-0.15, -0.1) is 0 Å². The highest BCUT2D eigenvalue weighted by atomic mass is 19.1. The molecule has 5 heteroatoms. The van der Waals surface area contributed by atoms with Gasteiger partial charge < -0.3 is 15.4 Å². The quantitative estimate of drug-likeness (QED) is 0.765. The highest BCUT2D eigenvalue weighted by molar-refractivity contribution is 5.77. The number of ether oxygens (including phenoxy) is 1. The minimum Gasteiger partial charge on any atom is -0.483 e. The van der Waals surface area contributed by atoms with Gasteiger partial charge >= 0.3 is 0 Å². The second kappa shape index (κ2) is 7.24. The fourth-order valence-corrected chi connectivity index (χ4v) is 1.83. The zero-order valence-corrected chi connectivity index (χ0v) is 11.7. The first-order chi connectivity index (χ1) is 9.69. The Bertz CT molecular complexity index is 461. The summed E-state index contributed by atoms with van der Waals surface area (Å²) in [6.07, 6.45) is 3.23. The first-order valence-corrected chi connectivity index (χ1v) is 7.10. The molecule has 0 bridgehead atoms. The lowest BCUT2D eigenvalue weighted by molar-refractivity contribution is -0.123. The van der Waals surface area contributed by atoms with Gasteiger partial charge in [-0.05, 0) is 37.5 Å². The van der Waals surface area contributed by atoms with Crippen LogP contribution in [-0.4, -0.2) is 25.1 Å². The molecule has 1 aromatic rings. The van der Waals surface area contributed by atoms with Crippen LogP contribution in [0.5, 0.6) is 5.75 Å². The lowest BCUT2D eigenvalue weighted by atomic mass is 10.2. The van der Waals surface area contributed by atoms with Crippen LogP contribution in [-0.2, 0) is 11.3 Å². The maximum Gasteiger partial charge on any atom is 0.257 e. The number of halogens is 1. The van der Waals surface area contributed by atoms with Gasteiger partial charge in [0.05, 0.1) is 0 Å². The maximum atomic E-state index is 13.3. The molecular weight excluding hydrogens is 259 g/mol. The molecule has 0 radical (unpaired) electrons. The molecule has 0 aliphatic heterocycles. The Morgan fingerprint density at radius 1 is 1.45 bits per heavy atom. The summed E-state index contributed by atoms with van der Waals surface area (Å²) < 4.78 is 18.8. The summed E-state index contributed by atoms with van der Waals surface area (Å²) in [5.74, 6) is 0.115. The van der Waals surface area contributed by atoms with Crippen LogP contribution in [0.25, 0.3) is 0 Å². The van der Waals surface area contributed by atoms with E-state index in [1.165, 1.54) is 25.0 Å². The molecule has 1 aliphatic rings. The van der Waals surface area contributed by atoms with Gasteiger partial charge in [0.15, 0.2) is 6.61 Å². The highest BCUT2D eigenvalue weighted by Gasteiger charge is 2.20. The fourth-order valence-electron chi connectivity index (χ4n) is 1.83. The van der Waals surface area contributed by atoms with Gasteiger partial charge in [0.25, 0.3) is 5.91 Å². The zero-order valence-electron chi connectivity index (χ0n) is 11.7. The van der Waals surface area contributed by atoms with Crippen LogP contribution >= 0.6 is 0 Å². The lowest BCUT2D eigenvalue weighted by Crippen LogP contribution is -2.29. The van der Waals surface area contributed by atoms with Crippen molar-refractivity contribution in [3.63, 3.8) is 0 Å². The Balaban J connectivity index is 1.89.